The number of likely N-dealkylation sites (N-methyl/N-ethyl adjacent to an activating group) is 1. The van der Waals surface area contributed by atoms with Crippen molar-refractivity contribution in [2.45, 2.75) is 32.2 Å². The third kappa shape index (κ3) is 2.84. The SMILES string of the molecule is CCN1CCC[C@@H](c2cn(Cc3nnc4ccccn34)nn2)C1. The molecule has 0 radical (unpaired) electrons. The van der Waals surface area contributed by atoms with Crippen LogP contribution in [0.25, 0.3) is 5.65 Å². The van der Waals surface area contributed by atoms with Gasteiger partial charge in [0.05, 0.1) is 5.69 Å². The van der Waals surface area contributed by atoms with E-state index >= 15 is 0 Å². The Balaban J connectivity index is 1.52. The fourth-order valence-corrected chi connectivity index (χ4v) is 3.31. The molecule has 120 valence electrons. The molecular formula is C16H21N7. The van der Waals surface area contributed by atoms with Crippen LogP contribution in [0.5, 0.6) is 0 Å². The molecule has 0 unspecified atom stereocenters. The molecule has 1 aliphatic heterocycles. The van der Waals surface area contributed by atoms with Gasteiger partial charge in [0, 0.05) is 24.9 Å². The first-order chi connectivity index (χ1) is 11.3. The van der Waals surface area contributed by atoms with Gasteiger partial charge in [0.25, 0.3) is 0 Å². The zero-order valence-electron chi connectivity index (χ0n) is 13.3. The highest BCUT2D eigenvalue weighted by atomic mass is 15.4. The van der Waals surface area contributed by atoms with Crippen molar-refractivity contribution in [3.05, 3.63) is 42.1 Å². The van der Waals surface area contributed by atoms with Gasteiger partial charge < -0.3 is 4.90 Å². The minimum absolute atomic E-state index is 0.493. The normalized spacial score (nSPS) is 19.4. The smallest absolute Gasteiger partial charge is 0.160 e. The summed E-state index contributed by atoms with van der Waals surface area (Å²) in [7, 11) is 0. The van der Waals surface area contributed by atoms with E-state index in [0.717, 1.165) is 30.3 Å². The zero-order valence-corrected chi connectivity index (χ0v) is 13.3. The van der Waals surface area contributed by atoms with E-state index in [1.807, 2.05) is 33.5 Å². The van der Waals surface area contributed by atoms with Crippen LogP contribution in [-0.2, 0) is 6.54 Å². The molecule has 0 bridgehead atoms. The number of piperidine rings is 1. The van der Waals surface area contributed by atoms with E-state index in [1.54, 1.807) is 0 Å². The first-order valence-electron chi connectivity index (χ1n) is 8.24. The van der Waals surface area contributed by atoms with Crippen LogP contribution in [0.1, 0.15) is 37.2 Å². The summed E-state index contributed by atoms with van der Waals surface area (Å²) in [5, 5.41) is 17.1. The van der Waals surface area contributed by atoms with Gasteiger partial charge in [-0.25, -0.2) is 4.68 Å². The Hall–Kier alpha value is -2.28. The molecular weight excluding hydrogens is 290 g/mol. The van der Waals surface area contributed by atoms with Gasteiger partial charge in [-0.05, 0) is 38.1 Å². The van der Waals surface area contributed by atoms with E-state index in [9.17, 15) is 0 Å². The first-order valence-corrected chi connectivity index (χ1v) is 8.24. The van der Waals surface area contributed by atoms with Crippen molar-refractivity contribution in [3.63, 3.8) is 0 Å². The number of nitrogens with zero attached hydrogens (tertiary/aromatic N) is 7. The van der Waals surface area contributed by atoms with Gasteiger partial charge in [-0.1, -0.05) is 18.2 Å². The van der Waals surface area contributed by atoms with Crippen molar-refractivity contribution in [3.8, 4) is 0 Å². The molecule has 1 saturated heterocycles. The highest BCUT2D eigenvalue weighted by Gasteiger charge is 2.22. The number of pyridine rings is 1. The molecule has 7 heteroatoms. The summed E-state index contributed by atoms with van der Waals surface area (Å²) in [4.78, 5) is 2.49. The largest absolute Gasteiger partial charge is 0.303 e. The fraction of sp³-hybridized carbons (Fsp3) is 0.500. The maximum Gasteiger partial charge on any atom is 0.160 e. The van der Waals surface area contributed by atoms with Crippen LogP contribution in [0, 0.1) is 0 Å². The van der Waals surface area contributed by atoms with Gasteiger partial charge in [-0.15, -0.1) is 15.3 Å². The molecule has 0 N–H and O–H groups in total. The minimum atomic E-state index is 0.493. The third-order valence-corrected chi connectivity index (χ3v) is 4.62. The number of hydrogen-bond acceptors (Lipinski definition) is 5. The highest BCUT2D eigenvalue weighted by molar-refractivity contribution is 5.36. The average Bonchev–Trinajstić information content (AvgIpc) is 3.23. The van der Waals surface area contributed by atoms with Crippen molar-refractivity contribution in [1.29, 1.82) is 0 Å². The Bertz CT molecular complexity index is 790. The van der Waals surface area contributed by atoms with Crippen molar-refractivity contribution < 1.29 is 0 Å². The zero-order chi connectivity index (χ0) is 15.6. The summed E-state index contributed by atoms with van der Waals surface area (Å²) < 4.78 is 3.85. The lowest BCUT2D eigenvalue weighted by Gasteiger charge is -2.30. The Morgan fingerprint density at radius 1 is 1.22 bits per heavy atom. The van der Waals surface area contributed by atoms with Gasteiger partial charge in [-0.3, -0.25) is 4.40 Å². The van der Waals surface area contributed by atoms with Crippen molar-refractivity contribution >= 4 is 5.65 Å². The van der Waals surface area contributed by atoms with Crippen LogP contribution in [0.15, 0.2) is 30.6 Å². The van der Waals surface area contributed by atoms with Crippen molar-refractivity contribution in [2.75, 3.05) is 19.6 Å². The molecule has 0 saturated carbocycles. The van der Waals surface area contributed by atoms with Gasteiger partial charge in [-0.2, -0.15) is 0 Å². The second-order valence-corrected chi connectivity index (χ2v) is 6.12. The van der Waals surface area contributed by atoms with E-state index in [2.05, 4.69) is 38.5 Å². The molecule has 7 nitrogen and oxygen atoms in total. The standard InChI is InChI=1S/C16H21N7/c1-2-21-8-5-6-13(10-21)14-11-22(20-17-14)12-16-19-18-15-7-3-4-9-23(15)16/h3-4,7,9,11,13H,2,5-6,8,10,12H2,1H3/t13-/m1/s1. The second kappa shape index (κ2) is 6.08. The Labute approximate surface area is 134 Å². The van der Waals surface area contributed by atoms with Crippen LogP contribution in [-0.4, -0.2) is 54.1 Å². The van der Waals surface area contributed by atoms with Gasteiger partial charge in [0.15, 0.2) is 11.5 Å². The summed E-state index contributed by atoms with van der Waals surface area (Å²) in [6, 6.07) is 5.89. The molecule has 23 heavy (non-hydrogen) atoms. The summed E-state index contributed by atoms with van der Waals surface area (Å²) in [5.74, 6) is 1.36. The maximum absolute atomic E-state index is 4.40. The molecule has 0 aliphatic carbocycles. The van der Waals surface area contributed by atoms with Crippen molar-refractivity contribution in [2.24, 2.45) is 0 Å². The number of fused-ring (bicyclic) bond motifs is 1. The molecule has 1 atom stereocenters. The third-order valence-electron chi connectivity index (χ3n) is 4.62. The maximum atomic E-state index is 4.40. The van der Waals surface area contributed by atoms with E-state index in [-0.39, 0.29) is 0 Å². The van der Waals surface area contributed by atoms with E-state index < -0.39 is 0 Å². The quantitative estimate of drug-likeness (QED) is 0.732. The predicted molar refractivity (Wildman–Crippen MR) is 86.2 cm³/mol. The Kier molecular flexibility index (Phi) is 3.78. The van der Waals surface area contributed by atoms with Crippen molar-refractivity contribution in [1.82, 2.24) is 34.5 Å². The Morgan fingerprint density at radius 2 is 2.17 bits per heavy atom. The minimum Gasteiger partial charge on any atom is -0.303 e. The molecule has 3 aromatic heterocycles. The monoisotopic (exact) mass is 311 g/mol. The number of rotatable bonds is 4. The van der Waals surface area contributed by atoms with Gasteiger partial charge in [0.1, 0.15) is 6.54 Å². The molecule has 1 fully saturated rings. The molecule has 0 spiro atoms. The first kappa shape index (κ1) is 14.3. The lowest BCUT2D eigenvalue weighted by atomic mass is 9.95. The molecule has 1 aliphatic rings. The molecule has 0 amide bonds. The van der Waals surface area contributed by atoms with Gasteiger partial charge in [0.2, 0.25) is 0 Å². The number of likely N-dealkylation sites (tertiary alicyclic amines) is 1. The molecule has 4 heterocycles. The second-order valence-electron chi connectivity index (χ2n) is 6.12. The van der Waals surface area contributed by atoms with Crippen LogP contribution >= 0.6 is 0 Å². The van der Waals surface area contributed by atoms with Crippen LogP contribution in [0.4, 0.5) is 0 Å². The fourth-order valence-electron chi connectivity index (χ4n) is 3.31. The van der Waals surface area contributed by atoms with E-state index in [4.69, 9.17) is 0 Å². The summed E-state index contributed by atoms with van der Waals surface area (Å²) in [5.41, 5.74) is 1.95. The van der Waals surface area contributed by atoms with E-state index in [0.29, 0.717) is 12.5 Å². The van der Waals surface area contributed by atoms with Crippen LogP contribution in [0.2, 0.25) is 0 Å². The highest BCUT2D eigenvalue weighted by Crippen LogP contribution is 2.25. The predicted octanol–water partition coefficient (Wildman–Crippen LogP) is 1.57. The molecule has 3 aromatic rings. The summed E-state index contributed by atoms with van der Waals surface area (Å²) in [6.45, 7) is 6.20. The van der Waals surface area contributed by atoms with E-state index in [1.165, 1.54) is 19.4 Å². The van der Waals surface area contributed by atoms with Gasteiger partial charge >= 0.3 is 0 Å². The topological polar surface area (TPSA) is 64.1 Å². The van der Waals surface area contributed by atoms with Crippen LogP contribution < -0.4 is 0 Å². The lowest BCUT2D eigenvalue weighted by molar-refractivity contribution is 0.216. The summed E-state index contributed by atoms with van der Waals surface area (Å²) >= 11 is 0. The molecule has 4 rings (SSSR count). The average molecular weight is 311 g/mol. The lowest BCUT2D eigenvalue weighted by Crippen LogP contribution is -2.34. The summed E-state index contributed by atoms with van der Waals surface area (Å²) in [6.07, 6.45) is 6.47. The number of hydrogen-bond donors (Lipinski definition) is 0. The van der Waals surface area contributed by atoms with Crippen LogP contribution in [0.3, 0.4) is 0 Å². The Morgan fingerprint density at radius 3 is 3.09 bits per heavy atom. The number of aromatic nitrogens is 6. The molecule has 0 aromatic carbocycles.